The molecule has 1 aliphatic rings. The highest BCUT2D eigenvalue weighted by atomic mass is 19.1. The Labute approximate surface area is 136 Å². The third-order valence-corrected chi connectivity index (χ3v) is 3.19. The minimum absolute atomic E-state index is 0.0798. The van der Waals surface area contributed by atoms with Crippen molar-refractivity contribution in [2.45, 2.75) is 58.1 Å². The van der Waals surface area contributed by atoms with Gasteiger partial charge in [-0.2, -0.15) is 5.26 Å². The Kier molecular flexibility index (Phi) is 7.01. The predicted molar refractivity (Wildman–Crippen MR) is 83.0 cm³/mol. The summed E-state index contributed by atoms with van der Waals surface area (Å²) in [6, 6.07) is 1.19. The van der Waals surface area contributed by atoms with Crippen molar-refractivity contribution < 1.29 is 18.7 Å². The van der Waals surface area contributed by atoms with Crippen molar-refractivity contribution in [2.75, 3.05) is 13.1 Å². The molecule has 0 saturated carbocycles. The van der Waals surface area contributed by atoms with Gasteiger partial charge in [0.05, 0.1) is 12.6 Å². The van der Waals surface area contributed by atoms with E-state index >= 15 is 0 Å². The Balaban J connectivity index is 2.71. The first-order chi connectivity index (χ1) is 10.7. The van der Waals surface area contributed by atoms with E-state index in [0.717, 1.165) is 0 Å². The Morgan fingerprint density at radius 1 is 1.52 bits per heavy atom. The van der Waals surface area contributed by atoms with Gasteiger partial charge in [0.25, 0.3) is 0 Å². The zero-order valence-electron chi connectivity index (χ0n) is 13.9. The van der Waals surface area contributed by atoms with E-state index < -0.39 is 17.7 Å². The number of ether oxygens (including phenoxy) is 1. The van der Waals surface area contributed by atoms with Gasteiger partial charge in [0.15, 0.2) is 0 Å². The fourth-order valence-electron chi connectivity index (χ4n) is 2.20. The van der Waals surface area contributed by atoms with Crippen LogP contribution in [0, 0.1) is 11.3 Å². The first-order valence-electron chi connectivity index (χ1n) is 7.72. The molecule has 0 bridgehead atoms. The molecule has 6 nitrogen and oxygen atoms in total. The van der Waals surface area contributed by atoms with E-state index in [-0.39, 0.29) is 24.7 Å². The molecular weight excluding hydrogens is 301 g/mol. The lowest BCUT2D eigenvalue weighted by atomic mass is 10.1. The van der Waals surface area contributed by atoms with Crippen LogP contribution in [-0.4, -0.2) is 41.6 Å². The normalized spacial score (nSPS) is 16.1. The summed E-state index contributed by atoms with van der Waals surface area (Å²) >= 11 is 0. The molecule has 1 aliphatic heterocycles. The summed E-state index contributed by atoms with van der Waals surface area (Å²) in [5.41, 5.74) is -0.676. The van der Waals surface area contributed by atoms with Gasteiger partial charge in [0.1, 0.15) is 17.5 Å². The number of carbonyl (C=O) groups excluding carboxylic acids is 2. The Bertz CT molecular complexity index is 506. The molecule has 0 radical (unpaired) electrons. The molecule has 0 saturated heterocycles. The molecule has 128 valence electrons. The minimum atomic E-state index is -0.816. The van der Waals surface area contributed by atoms with Crippen LogP contribution in [0.4, 0.5) is 9.18 Å². The number of rotatable bonds is 5. The first-order valence-corrected chi connectivity index (χ1v) is 7.72. The maximum absolute atomic E-state index is 13.4. The van der Waals surface area contributed by atoms with Gasteiger partial charge in [-0.15, -0.1) is 0 Å². The number of nitriles is 1. The molecule has 2 amide bonds. The highest BCUT2D eigenvalue weighted by Gasteiger charge is 2.29. The van der Waals surface area contributed by atoms with Crippen LogP contribution in [0.1, 0.15) is 46.5 Å². The van der Waals surface area contributed by atoms with E-state index in [0.29, 0.717) is 25.8 Å². The van der Waals surface area contributed by atoms with Crippen LogP contribution in [0.25, 0.3) is 0 Å². The predicted octanol–water partition coefficient (Wildman–Crippen LogP) is 2.66. The third-order valence-electron chi connectivity index (χ3n) is 3.19. The first kappa shape index (κ1) is 18.9. The summed E-state index contributed by atoms with van der Waals surface area (Å²) in [5.74, 6) is -0.699. The fraction of sp³-hybridized carbons (Fsp3) is 0.688. The van der Waals surface area contributed by atoms with E-state index in [9.17, 15) is 14.0 Å². The quantitative estimate of drug-likeness (QED) is 0.788. The number of amides is 2. The Morgan fingerprint density at radius 2 is 2.22 bits per heavy atom. The van der Waals surface area contributed by atoms with Gasteiger partial charge in [-0.1, -0.05) is 0 Å². The van der Waals surface area contributed by atoms with Gasteiger partial charge >= 0.3 is 6.09 Å². The van der Waals surface area contributed by atoms with E-state index in [2.05, 4.69) is 5.32 Å². The van der Waals surface area contributed by atoms with Gasteiger partial charge in [-0.25, -0.2) is 9.18 Å². The number of nitrogens with one attached hydrogen (secondary N) is 1. The smallest absolute Gasteiger partial charge is 0.408 e. The van der Waals surface area contributed by atoms with Crippen molar-refractivity contribution in [1.82, 2.24) is 10.2 Å². The number of carbonyl (C=O) groups is 2. The Hall–Kier alpha value is -2.10. The highest BCUT2D eigenvalue weighted by molar-refractivity contribution is 5.86. The van der Waals surface area contributed by atoms with E-state index in [1.54, 1.807) is 20.8 Å². The maximum Gasteiger partial charge on any atom is 0.408 e. The van der Waals surface area contributed by atoms with Gasteiger partial charge in [0, 0.05) is 13.0 Å². The van der Waals surface area contributed by atoms with Crippen molar-refractivity contribution in [2.24, 2.45) is 0 Å². The van der Waals surface area contributed by atoms with Crippen LogP contribution in [0.5, 0.6) is 0 Å². The van der Waals surface area contributed by atoms with Gasteiger partial charge in [0.2, 0.25) is 5.91 Å². The van der Waals surface area contributed by atoms with Gasteiger partial charge in [-0.05, 0) is 46.1 Å². The van der Waals surface area contributed by atoms with E-state index in [1.807, 2.05) is 6.07 Å². The molecule has 1 N–H and O–H groups in total. The number of hydrogen-bond donors (Lipinski definition) is 1. The fourth-order valence-corrected chi connectivity index (χ4v) is 2.20. The topological polar surface area (TPSA) is 82.4 Å². The second-order valence-corrected chi connectivity index (χ2v) is 6.45. The summed E-state index contributed by atoms with van der Waals surface area (Å²) < 4.78 is 18.5. The maximum atomic E-state index is 13.4. The van der Waals surface area contributed by atoms with Crippen LogP contribution in [-0.2, 0) is 9.53 Å². The lowest BCUT2D eigenvalue weighted by Gasteiger charge is -2.30. The number of halogens is 1. The molecule has 1 atom stereocenters. The van der Waals surface area contributed by atoms with Gasteiger partial charge in [-0.3, -0.25) is 4.79 Å². The van der Waals surface area contributed by atoms with Crippen LogP contribution in [0.2, 0.25) is 0 Å². The number of unbranched alkanes of at least 4 members (excludes halogenated alkanes) is 1. The summed E-state index contributed by atoms with van der Waals surface area (Å²) in [7, 11) is 0. The second-order valence-electron chi connectivity index (χ2n) is 6.45. The molecule has 0 spiro atoms. The SMILES string of the molecule is CC(C)(C)OC(=O)N[C@H](CCCC#N)C(=O)N1CCC=C(F)C1. The van der Waals surface area contributed by atoms with Crippen LogP contribution >= 0.6 is 0 Å². The summed E-state index contributed by atoms with van der Waals surface area (Å²) in [6.45, 7) is 5.51. The molecule has 1 heterocycles. The van der Waals surface area contributed by atoms with Crippen molar-refractivity contribution >= 4 is 12.0 Å². The minimum Gasteiger partial charge on any atom is -0.444 e. The molecule has 23 heavy (non-hydrogen) atoms. The summed E-state index contributed by atoms with van der Waals surface area (Å²) in [4.78, 5) is 25.8. The molecular formula is C16H24FN3O3. The van der Waals surface area contributed by atoms with Crippen molar-refractivity contribution in [3.63, 3.8) is 0 Å². The van der Waals surface area contributed by atoms with Crippen LogP contribution in [0.3, 0.4) is 0 Å². The third kappa shape index (κ3) is 7.13. The van der Waals surface area contributed by atoms with Crippen LogP contribution in [0.15, 0.2) is 11.9 Å². The molecule has 0 aromatic rings. The van der Waals surface area contributed by atoms with Crippen molar-refractivity contribution in [3.8, 4) is 6.07 Å². The summed E-state index contributed by atoms with van der Waals surface area (Å²) in [5, 5.41) is 11.2. The van der Waals surface area contributed by atoms with Crippen LogP contribution < -0.4 is 5.32 Å². The average Bonchev–Trinajstić information content (AvgIpc) is 2.43. The molecule has 0 fully saturated rings. The molecule has 0 aromatic carbocycles. The molecule has 0 aromatic heterocycles. The van der Waals surface area contributed by atoms with Gasteiger partial charge < -0.3 is 15.0 Å². The van der Waals surface area contributed by atoms with E-state index in [1.165, 1.54) is 11.0 Å². The largest absolute Gasteiger partial charge is 0.444 e. The number of alkyl carbamates (subject to hydrolysis) is 1. The standard InChI is InChI=1S/C16H24FN3O3/c1-16(2,3)23-15(22)19-13(8-4-5-9-18)14(21)20-10-6-7-12(17)11-20/h7,13H,4-6,8,10-11H2,1-3H3,(H,19,22)/t13-/m1/s1. The molecule has 0 aliphatic carbocycles. The monoisotopic (exact) mass is 325 g/mol. The summed E-state index contributed by atoms with van der Waals surface area (Å²) in [6.07, 6.45) is 2.28. The molecule has 7 heteroatoms. The molecule has 0 unspecified atom stereocenters. The number of nitrogens with zero attached hydrogens (tertiary/aromatic N) is 2. The zero-order valence-corrected chi connectivity index (χ0v) is 13.9. The van der Waals surface area contributed by atoms with E-state index in [4.69, 9.17) is 10.00 Å². The number of hydrogen-bond acceptors (Lipinski definition) is 4. The average molecular weight is 325 g/mol. The molecule has 1 rings (SSSR count). The lowest BCUT2D eigenvalue weighted by molar-refractivity contribution is -0.133. The van der Waals surface area contributed by atoms with Crippen molar-refractivity contribution in [1.29, 1.82) is 5.26 Å². The zero-order chi connectivity index (χ0) is 17.5. The van der Waals surface area contributed by atoms with Crippen molar-refractivity contribution in [3.05, 3.63) is 11.9 Å². The highest BCUT2D eigenvalue weighted by Crippen LogP contribution is 2.14. The Morgan fingerprint density at radius 3 is 2.78 bits per heavy atom. The second kappa shape index (κ2) is 8.51. The lowest BCUT2D eigenvalue weighted by Crippen LogP contribution is -2.50.